The second-order valence-corrected chi connectivity index (χ2v) is 7.90. The third-order valence-electron chi connectivity index (χ3n) is 2.95. The summed E-state index contributed by atoms with van der Waals surface area (Å²) in [4.78, 5) is 0.414. The molecule has 1 aromatic heterocycles. The third kappa shape index (κ3) is 3.44. The van der Waals surface area contributed by atoms with Crippen LogP contribution in [0.4, 0.5) is 4.39 Å². The fourth-order valence-corrected chi connectivity index (χ4v) is 4.25. The molecule has 2 N–H and O–H groups in total. The smallest absolute Gasteiger partial charge is 0.246 e. The van der Waals surface area contributed by atoms with Gasteiger partial charge >= 0.3 is 0 Å². The van der Waals surface area contributed by atoms with Gasteiger partial charge in [0.2, 0.25) is 10.0 Å². The lowest BCUT2D eigenvalue weighted by Gasteiger charge is -2.18. The SMILES string of the molecule is CN(Cc1cccs1)S(=O)(=O)c1cc(Cl)cc(CN)c1F. The molecular formula is C13H14ClFN2O2S2. The van der Waals surface area contributed by atoms with Gasteiger partial charge in [-0.1, -0.05) is 17.7 Å². The minimum absolute atomic E-state index is 0.0746. The Morgan fingerprint density at radius 3 is 2.71 bits per heavy atom. The van der Waals surface area contributed by atoms with E-state index in [0.29, 0.717) is 0 Å². The lowest BCUT2D eigenvalue weighted by Crippen LogP contribution is -2.27. The largest absolute Gasteiger partial charge is 0.326 e. The van der Waals surface area contributed by atoms with E-state index in [9.17, 15) is 12.8 Å². The monoisotopic (exact) mass is 348 g/mol. The van der Waals surface area contributed by atoms with Gasteiger partial charge in [0.25, 0.3) is 0 Å². The molecule has 0 saturated carbocycles. The molecule has 0 amide bonds. The Bertz CT molecular complexity index is 733. The van der Waals surface area contributed by atoms with Crippen LogP contribution in [0.2, 0.25) is 5.02 Å². The summed E-state index contributed by atoms with van der Waals surface area (Å²) in [5.41, 5.74) is 5.49. The molecule has 0 saturated heterocycles. The first-order valence-electron chi connectivity index (χ1n) is 6.03. The van der Waals surface area contributed by atoms with Gasteiger partial charge in [-0.3, -0.25) is 0 Å². The van der Waals surface area contributed by atoms with Crippen molar-refractivity contribution in [2.75, 3.05) is 7.05 Å². The summed E-state index contributed by atoms with van der Waals surface area (Å²) in [6.45, 7) is 0.0491. The van der Waals surface area contributed by atoms with Crippen LogP contribution in [0.1, 0.15) is 10.4 Å². The Labute approximate surface area is 132 Å². The van der Waals surface area contributed by atoms with E-state index in [0.717, 1.165) is 15.2 Å². The zero-order valence-electron chi connectivity index (χ0n) is 11.2. The molecule has 0 fully saturated rings. The van der Waals surface area contributed by atoms with E-state index in [4.69, 9.17) is 17.3 Å². The maximum atomic E-state index is 14.2. The molecule has 0 spiro atoms. The minimum Gasteiger partial charge on any atom is -0.326 e. The molecule has 21 heavy (non-hydrogen) atoms. The van der Waals surface area contributed by atoms with Gasteiger partial charge in [-0.05, 0) is 23.6 Å². The highest BCUT2D eigenvalue weighted by atomic mass is 35.5. The Hall–Kier alpha value is -0.990. The fraction of sp³-hybridized carbons (Fsp3) is 0.231. The van der Waals surface area contributed by atoms with Crippen molar-refractivity contribution in [3.8, 4) is 0 Å². The van der Waals surface area contributed by atoms with E-state index >= 15 is 0 Å². The number of halogens is 2. The van der Waals surface area contributed by atoms with E-state index < -0.39 is 20.7 Å². The Kier molecular flexibility index (Phi) is 5.00. The number of benzene rings is 1. The van der Waals surface area contributed by atoms with Crippen LogP contribution in [0.5, 0.6) is 0 Å². The first-order valence-corrected chi connectivity index (χ1v) is 8.72. The number of nitrogens with zero attached hydrogens (tertiary/aromatic N) is 1. The van der Waals surface area contributed by atoms with Crippen LogP contribution in [0, 0.1) is 5.82 Å². The molecule has 2 aromatic rings. The second kappa shape index (κ2) is 6.41. The molecule has 4 nitrogen and oxygen atoms in total. The van der Waals surface area contributed by atoms with Crippen molar-refractivity contribution in [1.82, 2.24) is 4.31 Å². The lowest BCUT2D eigenvalue weighted by atomic mass is 10.2. The summed E-state index contributed by atoms with van der Waals surface area (Å²) in [5.74, 6) is -0.847. The van der Waals surface area contributed by atoms with E-state index in [1.54, 1.807) is 0 Å². The lowest BCUT2D eigenvalue weighted by molar-refractivity contribution is 0.461. The standard InChI is InChI=1S/C13H14ClFN2O2S2/c1-17(8-11-3-2-4-20-11)21(18,19)12-6-10(14)5-9(7-16)13(12)15/h2-6H,7-8,16H2,1H3. The highest BCUT2D eigenvalue weighted by Gasteiger charge is 2.26. The molecule has 0 radical (unpaired) electrons. The van der Waals surface area contributed by atoms with Crippen molar-refractivity contribution in [3.63, 3.8) is 0 Å². The molecule has 2 rings (SSSR count). The molecule has 8 heteroatoms. The summed E-state index contributed by atoms with van der Waals surface area (Å²) >= 11 is 7.28. The number of nitrogens with two attached hydrogens (primary N) is 1. The van der Waals surface area contributed by atoms with Crippen LogP contribution in [0.3, 0.4) is 0 Å². The number of thiophene rings is 1. The zero-order valence-corrected chi connectivity index (χ0v) is 13.6. The molecule has 1 heterocycles. The Balaban J connectivity index is 2.41. The van der Waals surface area contributed by atoms with E-state index in [-0.39, 0.29) is 23.7 Å². The van der Waals surface area contributed by atoms with Gasteiger partial charge in [0.05, 0.1) is 0 Å². The van der Waals surface area contributed by atoms with Gasteiger partial charge < -0.3 is 5.73 Å². The quantitative estimate of drug-likeness (QED) is 0.903. The van der Waals surface area contributed by atoms with Gasteiger partial charge in [0.15, 0.2) is 0 Å². The number of hydrogen-bond donors (Lipinski definition) is 1. The predicted octanol–water partition coefficient (Wildman–Crippen LogP) is 2.82. The molecular weight excluding hydrogens is 335 g/mol. The van der Waals surface area contributed by atoms with Gasteiger partial charge in [0, 0.05) is 35.6 Å². The van der Waals surface area contributed by atoms with Gasteiger partial charge in [-0.25, -0.2) is 12.8 Å². The molecule has 0 bridgehead atoms. The van der Waals surface area contributed by atoms with Crippen LogP contribution in [0.25, 0.3) is 0 Å². The van der Waals surface area contributed by atoms with Crippen molar-refractivity contribution in [1.29, 1.82) is 0 Å². The van der Waals surface area contributed by atoms with Crippen molar-refractivity contribution >= 4 is 33.0 Å². The van der Waals surface area contributed by atoms with Crippen molar-refractivity contribution in [3.05, 3.63) is 50.9 Å². The van der Waals surface area contributed by atoms with Gasteiger partial charge in [-0.15, -0.1) is 11.3 Å². The van der Waals surface area contributed by atoms with Crippen LogP contribution >= 0.6 is 22.9 Å². The Morgan fingerprint density at radius 2 is 2.14 bits per heavy atom. The maximum Gasteiger partial charge on any atom is 0.246 e. The first-order chi connectivity index (χ1) is 9.86. The molecule has 0 aliphatic heterocycles. The summed E-state index contributed by atoms with van der Waals surface area (Å²) in [6.07, 6.45) is 0. The van der Waals surface area contributed by atoms with E-state index in [1.165, 1.54) is 24.5 Å². The summed E-state index contributed by atoms with van der Waals surface area (Å²) in [6, 6.07) is 6.08. The highest BCUT2D eigenvalue weighted by Crippen LogP contribution is 2.27. The predicted molar refractivity (Wildman–Crippen MR) is 82.3 cm³/mol. The number of hydrogen-bond acceptors (Lipinski definition) is 4. The van der Waals surface area contributed by atoms with E-state index in [2.05, 4.69) is 0 Å². The normalized spacial score (nSPS) is 12.0. The Morgan fingerprint density at radius 1 is 1.43 bits per heavy atom. The summed E-state index contributed by atoms with van der Waals surface area (Å²) in [7, 11) is -2.58. The van der Waals surface area contributed by atoms with Crippen LogP contribution in [-0.4, -0.2) is 19.8 Å². The van der Waals surface area contributed by atoms with Crippen molar-refractivity contribution in [2.24, 2.45) is 5.73 Å². The highest BCUT2D eigenvalue weighted by molar-refractivity contribution is 7.89. The first kappa shape index (κ1) is 16.4. The second-order valence-electron chi connectivity index (χ2n) is 4.42. The molecule has 0 aliphatic carbocycles. The summed E-state index contributed by atoms with van der Waals surface area (Å²) < 4.78 is 40.3. The average molecular weight is 349 g/mol. The maximum absolute atomic E-state index is 14.2. The van der Waals surface area contributed by atoms with E-state index in [1.807, 2.05) is 17.5 Å². The average Bonchev–Trinajstić information content (AvgIpc) is 2.93. The molecule has 0 aliphatic rings. The van der Waals surface area contributed by atoms with Crippen LogP contribution in [-0.2, 0) is 23.1 Å². The van der Waals surface area contributed by atoms with Crippen LogP contribution in [0.15, 0.2) is 34.5 Å². The van der Waals surface area contributed by atoms with Crippen molar-refractivity contribution < 1.29 is 12.8 Å². The third-order valence-corrected chi connectivity index (χ3v) is 5.83. The minimum atomic E-state index is -3.98. The summed E-state index contributed by atoms with van der Waals surface area (Å²) in [5, 5.41) is 1.99. The number of rotatable bonds is 5. The topological polar surface area (TPSA) is 63.4 Å². The van der Waals surface area contributed by atoms with Crippen LogP contribution < -0.4 is 5.73 Å². The molecule has 114 valence electrons. The number of sulfonamides is 1. The molecule has 1 aromatic carbocycles. The van der Waals surface area contributed by atoms with Crippen molar-refractivity contribution in [2.45, 2.75) is 18.0 Å². The molecule has 0 atom stereocenters. The van der Waals surface area contributed by atoms with Gasteiger partial charge in [-0.2, -0.15) is 4.31 Å². The zero-order chi connectivity index (χ0) is 15.6. The molecule has 0 unspecified atom stereocenters. The van der Waals surface area contributed by atoms with Gasteiger partial charge in [0.1, 0.15) is 10.7 Å². The fourth-order valence-electron chi connectivity index (χ4n) is 1.83.